The summed E-state index contributed by atoms with van der Waals surface area (Å²) in [4.78, 5) is 12.6. The average Bonchev–Trinajstić information content (AvgIpc) is 3.14. The Balaban J connectivity index is 1.36. The van der Waals surface area contributed by atoms with Gasteiger partial charge in [-0.2, -0.15) is 15.0 Å². The monoisotopic (exact) mass is 455 g/mol. The number of hydrogen-bond donors (Lipinski definition) is 4. The minimum absolute atomic E-state index is 0.128. The second-order valence-electron chi connectivity index (χ2n) is 8.33. The fourth-order valence-corrected chi connectivity index (χ4v) is 4.04. The van der Waals surface area contributed by atoms with Crippen LogP contribution in [0, 0.1) is 0 Å². The van der Waals surface area contributed by atoms with Crippen LogP contribution in [0.2, 0.25) is 0 Å². The first-order chi connectivity index (χ1) is 16.1. The summed E-state index contributed by atoms with van der Waals surface area (Å²) in [6.45, 7) is 4.09. The molecule has 0 radical (unpaired) electrons. The van der Waals surface area contributed by atoms with Crippen molar-refractivity contribution in [1.82, 2.24) is 30.2 Å². The molecule has 1 unspecified atom stereocenters. The largest absolute Gasteiger partial charge is 0.480 e. The summed E-state index contributed by atoms with van der Waals surface area (Å²) in [5, 5.41) is 17.5. The van der Waals surface area contributed by atoms with Gasteiger partial charge < -0.3 is 30.9 Å². The Hall–Kier alpha value is -2.95. The summed E-state index contributed by atoms with van der Waals surface area (Å²) in [7, 11) is 1.59. The van der Waals surface area contributed by atoms with E-state index < -0.39 is 0 Å². The zero-order valence-electron chi connectivity index (χ0n) is 19.1. The first-order valence-electron chi connectivity index (χ1n) is 11.5. The van der Waals surface area contributed by atoms with Crippen LogP contribution in [0.5, 0.6) is 12.0 Å². The number of benzene rings is 1. The normalized spacial score (nSPS) is 16.3. The van der Waals surface area contributed by atoms with E-state index in [9.17, 15) is 5.11 Å². The van der Waals surface area contributed by atoms with Crippen molar-refractivity contribution in [3.8, 4) is 12.0 Å². The Kier molecular flexibility index (Phi) is 7.92. The number of aromatic hydroxyl groups is 1. The maximum absolute atomic E-state index is 10.4. The number of fused-ring (bicyclic) bond motifs is 1. The van der Waals surface area contributed by atoms with Gasteiger partial charge in [0.1, 0.15) is 6.61 Å². The third kappa shape index (κ3) is 6.10. The van der Waals surface area contributed by atoms with Crippen molar-refractivity contribution in [2.24, 2.45) is 0 Å². The quantitative estimate of drug-likeness (QED) is 0.320. The molecule has 33 heavy (non-hydrogen) atoms. The third-order valence-electron chi connectivity index (χ3n) is 5.87. The number of nitrogens with zero attached hydrogens (tertiary/aromatic N) is 4. The van der Waals surface area contributed by atoms with Crippen LogP contribution in [-0.2, 0) is 17.8 Å². The topological polar surface area (TPSA) is 132 Å². The molecule has 1 saturated heterocycles. The maximum atomic E-state index is 10.4. The number of nitrogens with two attached hydrogens (primary N) is 1. The Morgan fingerprint density at radius 3 is 2.73 bits per heavy atom. The molecule has 1 fully saturated rings. The number of nitrogens with one attached hydrogen (secondary N) is 2. The molecule has 178 valence electrons. The number of hydrogen-bond acceptors (Lipinski definition) is 9. The van der Waals surface area contributed by atoms with E-state index in [0.29, 0.717) is 37.0 Å². The highest BCUT2D eigenvalue weighted by Gasteiger charge is 2.17. The molecule has 10 nitrogen and oxygen atoms in total. The van der Waals surface area contributed by atoms with E-state index in [2.05, 4.69) is 37.7 Å². The molecule has 1 aromatic carbocycles. The number of anilines is 1. The minimum atomic E-state index is -0.165. The Labute approximate surface area is 193 Å². The van der Waals surface area contributed by atoms with Gasteiger partial charge in [-0.05, 0) is 43.5 Å². The Morgan fingerprint density at radius 2 is 1.97 bits per heavy atom. The molecule has 2 aromatic heterocycles. The van der Waals surface area contributed by atoms with E-state index in [1.807, 2.05) is 12.1 Å². The van der Waals surface area contributed by atoms with Crippen LogP contribution in [0.3, 0.4) is 0 Å². The molecule has 5 N–H and O–H groups in total. The van der Waals surface area contributed by atoms with Crippen LogP contribution in [0.25, 0.3) is 11.2 Å². The van der Waals surface area contributed by atoms with E-state index in [-0.39, 0.29) is 17.8 Å². The average molecular weight is 456 g/mol. The van der Waals surface area contributed by atoms with E-state index in [1.165, 1.54) is 24.8 Å². The number of ether oxygens (including phenoxy) is 2. The standard InChI is InChI=1S/C23H33N7O3/c1-32-12-13-33-22-28-20(24)19-21(29-22)30(23(31)27-19)15-17-7-5-16(6-8-17)14-25-11-9-18-4-2-3-10-26-18/h5-8,18,25-26H,2-4,9-15H2,1H3,(H,27,31)(H2,24,28,29). The number of imidazole rings is 1. The fraction of sp³-hybridized carbons (Fsp3) is 0.522. The second-order valence-corrected chi connectivity index (χ2v) is 8.33. The summed E-state index contributed by atoms with van der Waals surface area (Å²) in [6, 6.07) is 8.90. The van der Waals surface area contributed by atoms with E-state index in [0.717, 1.165) is 31.6 Å². The molecule has 4 rings (SSSR count). The molecule has 10 heteroatoms. The predicted octanol–water partition coefficient (Wildman–Crippen LogP) is 1.81. The fourth-order valence-electron chi connectivity index (χ4n) is 4.04. The molecule has 3 aromatic rings. The summed E-state index contributed by atoms with van der Waals surface area (Å²) >= 11 is 0. The van der Waals surface area contributed by atoms with Crippen LogP contribution in [-0.4, -0.2) is 64.1 Å². The van der Waals surface area contributed by atoms with Crippen LogP contribution < -0.4 is 21.1 Å². The number of rotatable bonds is 11. The van der Waals surface area contributed by atoms with E-state index in [1.54, 1.807) is 11.7 Å². The molecule has 0 spiro atoms. The Morgan fingerprint density at radius 1 is 1.15 bits per heavy atom. The number of aromatic nitrogens is 4. The van der Waals surface area contributed by atoms with Gasteiger partial charge in [-0.3, -0.25) is 4.57 Å². The van der Waals surface area contributed by atoms with Crippen molar-refractivity contribution >= 4 is 17.0 Å². The zero-order valence-corrected chi connectivity index (χ0v) is 19.1. The number of nitrogen functional groups attached to an aromatic ring is 1. The lowest BCUT2D eigenvalue weighted by Crippen LogP contribution is -2.36. The van der Waals surface area contributed by atoms with Crippen molar-refractivity contribution in [3.05, 3.63) is 35.4 Å². The first-order valence-corrected chi connectivity index (χ1v) is 11.5. The summed E-state index contributed by atoms with van der Waals surface area (Å²) in [6.07, 6.45) is 5.07. The Bertz CT molecular complexity index is 1030. The van der Waals surface area contributed by atoms with Gasteiger partial charge in [-0.1, -0.05) is 30.7 Å². The first kappa shape index (κ1) is 23.2. The predicted molar refractivity (Wildman–Crippen MR) is 126 cm³/mol. The molecule has 1 atom stereocenters. The van der Waals surface area contributed by atoms with Gasteiger partial charge in [0.15, 0.2) is 17.0 Å². The SMILES string of the molecule is COCCOc1nc(N)c2nc(O)n(Cc3ccc(CNCCC4CCCCN4)cc3)c2n1. The van der Waals surface area contributed by atoms with E-state index >= 15 is 0 Å². The summed E-state index contributed by atoms with van der Waals surface area (Å²) in [5.41, 5.74) is 9.01. The molecule has 1 aliphatic rings. The summed E-state index contributed by atoms with van der Waals surface area (Å²) < 4.78 is 12.1. The van der Waals surface area contributed by atoms with Gasteiger partial charge in [0, 0.05) is 19.7 Å². The van der Waals surface area contributed by atoms with Crippen molar-refractivity contribution < 1.29 is 14.6 Å². The van der Waals surface area contributed by atoms with Gasteiger partial charge in [-0.25, -0.2) is 0 Å². The zero-order chi connectivity index (χ0) is 23.0. The highest BCUT2D eigenvalue weighted by Crippen LogP contribution is 2.25. The molecule has 0 aliphatic carbocycles. The third-order valence-corrected chi connectivity index (χ3v) is 5.87. The molecule has 0 amide bonds. The lowest BCUT2D eigenvalue weighted by atomic mass is 10.0. The number of piperidine rings is 1. The molecule has 0 saturated carbocycles. The summed E-state index contributed by atoms with van der Waals surface area (Å²) in [5.74, 6) is 0.159. The van der Waals surface area contributed by atoms with Gasteiger partial charge in [0.05, 0.1) is 13.2 Å². The highest BCUT2D eigenvalue weighted by atomic mass is 16.5. The number of methoxy groups -OCH3 is 1. The molecule has 0 bridgehead atoms. The van der Waals surface area contributed by atoms with Gasteiger partial charge in [0.25, 0.3) is 6.01 Å². The van der Waals surface area contributed by atoms with Crippen LogP contribution >= 0.6 is 0 Å². The lowest BCUT2D eigenvalue weighted by molar-refractivity contribution is 0.141. The van der Waals surface area contributed by atoms with Crippen molar-refractivity contribution in [1.29, 1.82) is 0 Å². The van der Waals surface area contributed by atoms with Crippen molar-refractivity contribution in [2.45, 2.75) is 44.8 Å². The van der Waals surface area contributed by atoms with Crippen molar-refractivity contribution in [2.75, 3.05) is 39.1 Å². The highest BCUT2D eigenvalue weighted by molar-refractivity contribution is 5.83. The molecular weight excluding hydrogens is 422 g/mol. The molecule has 1 aliphatic heterocycles. The minimum Gasteiger partial charge on any atom is -0.480 e. The smallest absolute Gasteiger partial charge is 0.320 e. The van der Waals surface area contributed by atoms with E-state index in [4.69, 9.17) is 15.2 Å². The van der Waals surface area contributed by atoms with Crippen LogP contribution in [0.4, 0.5) is 5.82 Å². The second kappa shape index (κ2) is 11.3. The maximum Gasteiger partial charge on any atom is 0.320 e. The molecular formula is C23H33N7O3. The molecule has 3 heterocycles. The lowest BCUT2D eigenvalue weighted by Gasteiger charge is -2.23. The van der Waals surface area contributed by atoms with Crippen molar-refractivity contribution in [3.63, 3.8) is 0 Å². The van der Waals surface area contributed by atoms with Gasteiger partial charge in [0.2, 0.25) is 0 Å². The van der Waals surface area contributed by atoms with Gasteiger partial charge >= 0.3 is 6.01 Å². The van der Waals surface area contributed by atoms with Gasteiger partial charge in [-0.15, -0.1) is 0 Å². The van der Waals surface area contributed by atoms with Crippen LogP contribution in [0.15, 0.2) is 24.3 Å². The van der Waals surface area contributed by atoms with Crippen LogP contribution in [0.1, 0.15) is 36.8 Å².